The maximum Gasteiger partial charge on any atom is 0.336 e. The van der Waals surface area contributed by atoms with Gasteiger partial charge in [-0.05, 0) is 31.5 Å². The second kappa shape index (κ2) is 10.4. The highest BCUT2D eigenvalue weighted by Crippen LogP contribution is 2.44. The van der Waals surface area contributed by atoms with Crippen molar-refractivity contribution in [3.05, 3.63) is 70.7 Å². The molecule has 0 saturated heterocycles. The predicted molar refractivity (Wildman–Crippen MR) is 140 cm³/mol. The van der Waals surface area contributed by atoms with E-state index < -0.39 is 33.8 Å². The molecule has 1 aliphatic rings. The van der Waals surface area contributed by atoms with Crippen molar-refractivity contribution in [1.29, 1.82) is 0 Å². The highest BCUT2D eigenvalue weighted by atomic mass is 32.2. The molecule has 0 saturated carbocycles. The molecule has 11 heteroatoms. The highest BCUT2D eigenvalue weighted by molar-refractivity contribution is 7.89. The van der Waals surface area contributed by atoms with Gasteiger partial charge < -0.3 is 9.47 Å². The third kappa shape index (κ3) is 5.10. The average molecular weight is 540 g/mol. The van der Waals surface area contributed by atoms with Gasteiger partial charge in [0, 0.05) is 33.8 Å². The first-order valence-corrected chi connectivity index (χ1v) is 13.6. The quantitative estimate of drug-likeness (QED) is 0.469. The Kier molecular flexibility index (Phi) is 7.39. The van der Waals surface area contributed by atoms with Crippen LogP contribution in [0.25, 0.3) is 21.8 Å². The number of carbonyl (C=O) groups is 2. The molecule has 192 valence electrons. The summed E-state index contributed by atoms with van der Waals surface area (Å²) in [5.74, 6) is -2.65. The number of hydrogen-bond acceptors (Lipinski definition) is 9. The van der Waals surface area contributed by atoms with Gasteiger partial charge in [-0.25, -0.2) is 23.3 Å². The summed E-state index contributed by atoms with van der Waals surface area (Å²) in [6, 6.07) is 13.6. The molecular formula is C26H25N3O6S2. The van der Waals surface area contributed by atoms with Crippen LogP contribution >= 0.6 is 11.3 Å². The van der Waals surface area contributed by atoms with Gasteiger partial charge >= 0.3 is 11.9 Å². The lowest BCUT2D eigenvalue weighted by Crippen LogP contribution is -2.36. The number of esters is 2. The van der Waals surface area contributed by atoms with Crippen LogP contribution in [0.2, 0.25) is 0 Å². The summed E-state index contributed by atoms with van der Waals surface area (Å²) in [5.41, 5.74) is 3.81. The van der Waals surface area contributed by atoms with E-state index in [1.165, 1.54) is 37.7 Å². The minimum atomic E-state index is -3.87. The normalized spacial score (nSPS) is 17.8. The predicted octanol–water partition coefficient (Wildman–Crippen LogP) is 3.92. The van der Waals surface area contributed by atoms with Crippen molar-refractivity contribution >= 4 is 39.0 Å². The van der Waals surface area contributed by atoms with E-state index in [1.54, 1.807) is 26.0 Å². The Balaban J connectivity index is 1.87. The van der Waals surface area contributed by atoms with E-state index in [0.717, 1.165) is 0 Å². The molecule has 3 aromatic rings. The van der Waals surface area contributed by atoms with Gasteiger partial charge in [0.2, 0.25) is 10.0 Å². The Morgan fingerprint density at radius 3 is 2.43 bits per heavy atom. The highest BCUT2D eigenvalue weighted by Gasteiger charge is 2.43. The Labute approximate surface area is 218 Å². The summed E-state index contributed by atoms with van der Waals surface area (Å²) in [5, 5.41) is 7.72. The second-order valence-electron chi connectivity index (χ2n) is 8.42. The fourth-order valence-electron chi connectivity index (χ4n) is 4.51. The summed E-state index contributed by atoms with van der Waals surface area (Å²) in [4.78, 5) is 35.0. The van der Waals surface area contributed by atoms with Gasteiger partial charge in [-0.2, -0.15) is 0 Å². The number of nitrogens with zero attached hydrogens (tertiary/aromatic N) is 2. The molecule has 0 bridgehead atoms. The van der Waals surface area contributed by atoms with Gasteiger partial charge in [0.15, 0.2) is 0 Å². The first-order valence-electron chi connectivity index (χ1n) is 11.2. The Morgan fingerprint density at radius 2 is 1.76 bits per heavy atom. The number of carbonyl (C=O) groups excluding carboxylic acids is 2. The van der Waals surface area contributed by atoms with Crippen molar-refractivity contribution in [2.24, 2.45) is 16.0 Å². The van der Waals surface area contributed by atoms with E-state index >= 15 is 0 Å². The maximum atomic E-state index is 12.9. The molecule has 1 aromatic heterocycles. The van der Waals surface area contributed by atoms with Gasteiger partial charge in [-0.15, -0.1) is 11.3 Å². The van der Waals surface area contributed by atoms with Crippen LogP contribution in [0.5, 0.6) is 0 Å². The number of allylic oxidation sites excluding steroid dienone is 1. The molecule has 37 heavy (non-hydrogen) atoms. The maximum absolute atomic E-state index is 12.9. The largest absolute Gasteiger partial charge is 0.468 e. The molecule has 2 aromatic carbocycles. The molecule has 0 spiro atoms. The molecular weight excluding hydrogens is 514 g/mol. The van der Waals surface area contributed by atoms with Crippen LogP contribution in [0.4, 0.5) is 0 Å². The lowest BCUT2D eigenvalue weighted by molar-refractivity contribution is -0.143. The number of aromatic nitrogens is 1. The molecule has 0 radical (unpaired) electrons. The summed E-state index contributed by atoms with van der Waals surface area (Å²) in [6.07, 6.45) is 0. The van der Waals surface area contributed by atoms with Gasteiger partial charge in [0.1, 0.15) is 10.9 Å². The molecule has 2 N–H and O–H groups in total. The standard InChI is InChI=1S/C26H25N3O6S2/c1-14-21(25(30)34-3)23(22(15(2)28-14)26(31)35-4)18-10-5-6-11-19(18)24-29-20(13-36-24)16-8-7-9-17(12-16)37(27,32)33/h5-13,21,23H,1-4H3,(H2,27,32,33). The zero-order chi connectivity index (χ0) is 26.9. The van der Waals surface area contributed by atoms with Crippen LogP contribution in [-0.4, -0.2) is 45.3 Å². The van der Waals surface area contributed by atoms with E-state index in [1.807, 2.05) is 29.6 Å². The molecule has 9 nitrogen and oxygen atoms in total. The van der Waals surface area contributed by atoms with Crippen LogP contribution in [0.1, 0.15) is 25.3 Å². The minimum Gasteiger partial charge on any atom is -0.468 e. The zero-order valence-corrected chi connectivity index (χ0v) is 22.2. The minimum absolute atomic E-state index is 0.0128. The van der Waals surface area contributed by atoms with Gasteiger partial charge in [0.25, 0.3) is 0 Å². The van der Waals surface area contributed by atoms with Crippen molar-refractivity contribution in [2.75, 3.05) is 14.2 Å². The van der Waals surface area contributed by atoms with Crippen LogP contribution in [-0.2, 0) is 29.1 Å². The zero-order valence-electron chi connectivity index (χ0n) is 20.6. The summed E-state index contributed by atoms with van der Waals surface area (Å²) in [7, 11) is -1.29. The number of primary sulfonamides is 1. The fraction of sp³-hybridized carbons (Fsp3) is 0.231. The van der Waals surface area contributed by atoms with Crippen molar-refractivity contribution in [2.45, 2.75) is 24.7 Å². The third-order valence-electron chi connectivity index (χ3n) is 6.18. The molecule has 2 heterocycles. The number of methoxy groups -OCH3 is 2. The molecule has 0 fully saturated rings. The van der Waals surface area contributed by atoms with E-state index in [9.17, 15) is 18.0 Å². The summed E-state index contributed by atoms with van der Waals surface area (Å²) < 4.78 is 33.8. The number of hydrogen-bond donors (Lipinski definition) is 1. The summed E-state index contributed by atoms with van der Waals surface area (Å²) >= 11 is 1.35. The topological polar surface area (TPSA) is 138 Å². The van der Waals surface area contributed by atoms with E-state index in [4.69, 9.17) is 19.6 Å². The SMILES string of the molecule is COC(=O)C1=C(C)N=C(C)C(C(=O)OC)C1c1ccccc1-c1nc(-c2cccc(S(N)(=O)=O)c2)cs1. The smallest absolute Gasteiger partial charge is 0.336 e. The lowest BCUT2D eigenvalue weighted by Gasteiger charge is -2.32. The number of aliphatic imine (C=N–C) groups is 1. The first kappa shape index (κ1) is 26.4. The first-order chi connectivity index (χ1) is 17.6. The number of thiazole rings is 1. The monoisotopic (exact) mass is 539 g/mol. The Hall–Kier alpha value is -3.67. The van der Waals surface area contributed by atoms with Crippen LogP contribution in [0, 0.1) is 5.92 Å². The van der Waals surface area contributed by atoms with Crippen molar-refractivity contribution in [1.82, 2.24) is 4.98 Å². The molecule has 0 amide bonds. The Morgan fingerprint density at radius 1 is 1.03 bits per heavy atom. The fourth-order valence-corrected chi connectivity index (χ4v) is 5.94. The number of ether oxygens (including phenoxy) is 2. The average Bonchev–Trinajstić information content (AvgIpc) is 3.37. The molecule has 4 rings (SSSR count). The number of benzene rings is 2. The number of rotatable bonds is 6. The Bertz CT molecular complexity index is 1560. The van der Waals surface area contributed by atoms with Crippen molar-refractivity contribution in [3.8, 4) is 21.8 Å². The van der Waals surface area contributed by atoms with Crippen LogP contribution < -0.4 is 5.14 Å². The van der Waals surface area contributed by atoms with Crippen molar-refractivity contribution < 1.29 is 27.5 Å². The van der Waals surface area contributed by atoms with Gasteiger partial charge in [-0.3, -0.25) is 9.79 Å². The van der Waals surface area contributed by atoms with Crippen molar-refractivity contribution in [3.63, 3.8) is 0 Å². The van der Waals surface area contributed by atoms with E-state index in [-0.39, 0.29) is 10.5 Å². The molecule has 0 aliphatic carbocycles. The molecule has 1 aliphatic heterocycles. The van der Waals surface area contributed by atoms with Crippen LogP contribution in [0.3, 0.4) is 0 Å². The van der Waals surface area contributed by atoms with Gasteiger partial charge in [-0.1, -0.05) is 36.4 Å². The van der Waals surface area contributed by atoms with E-state index in [2.05, 4.69) is 4.99 Å². The number of sulfonamides is 1. The third-order valence-corrected chi connectivity index (χ3v) is 7.96. The number of nitrogens with two attached hydrogens (primary N) is 1. The van der Waals surface area contributed by atoms with E-state index in [0.29, 0.717) is 38.8 Å². The lowest BCUT2D eigenvalue weighted by atomic mass is 9.74. The second-order valence-corrected chi connectivity index (χ2v) is 10.8. The van der Waals surface area contributed by atoms with Gasteiger partial charge in [0.05, 0.1) is 30.4 Å². The molecule has 2 atom stereocenters. The van der Waals surface area contributed by atoms with Crippen LogP contribution in [0.15, 0.2) is 75.1 Å². The summed E-state index contributed by atoms with van der Waals surface area (Å²) in [6.45, 7) is 3.44. The molecule has 2 unspecified atom stereocenters.